The summed E-state index contributed by atoms with van der Waals surface area (Å²) in [6.45, 7) is 3.46. The molecule has 1 saturated heterocycles. The molecule has 7 nitrogen and oxygen atoms in total. The van der Waals surface area contributed by atoms with Gasteiger partial charge in [0, 0.05) is 12.8 Å². The minimum Gasteiger partial charge on any atom is -0.378 e. The number of hydrogen-bond donors (Lipinski definition) is 1. The molecule has 0 spiro atoms. The monoisotopic (exact) mass is 299 g/mol. The summed E-state index contributed by atoms with van der Waals surface area (Å²) in [6, 6.07) is 1.02. The second-order valence-corrected chi connectivity index (χ2v) is 7.03. The van der Waals surface area contributed by atoms with Crippen molar-refractivity contribution in [1.82, 2.24) is 15.3 Å². The molecular formula is C12H17N3O4S. The molecule has 1 fully saturated rings. The van der Waals surface area contributed by atoms with Crippen molar-refractivity contribution in [3.63, 3.8) is 0 Å². The van der Waals surface area contributed by atoms with Crippen LogP contribution in [0.1, 0.15) is 22.0 Å². The van der Waals surface area contributed by atoms with Crippen LogP contribution in [0.25, 0.3) is 0 Å². The van der Waals surface area contributed by atoms with E-state index in [2.05, 4.69) is 15.3 Å². The molecule has 0 unspecified atom stereocenters. The Balaban J connectivity index is 2.15. The summed E-state index contributed by atoms with van der Waals surface area (Å²) in [5.41, 5.74) is 0.916. The summed E-state index contributed by atoms with van der Waals surface area (Å²) < 4.78 is 28.3. The Morgan fingerprint density at radius 2 is 2.05 bits per heavy atom. The number of ether oxygens (including phenoxy) is 1. The Hall–Kier alpha value is -1.54. The molecule has 2 heterocycles. The quantitative estimate of drug-likeness (QED) is 0.818. The van der Waals surface area contributed by atoms with Gasteiger partial charge in [-0.3, -0.25) is 4.79 Å². The highest BCUT2D eigenvalue weighted by Crippen LogP contribution is 2.16. The van der Waals surface area contributed by atoms with Crippen LogP contribution in [0.5, 0.6) is 0 Å². The molecule has 0 aliphatic carbocycles. The van der Waals surface area contributed by atoms with Crippen LogP contribution in [0.4, 0.5) is 0 Å². The smallest absolute Gasteiger partial charge is 0.270 e. The van der Waals surface area contributed by atoms with E-state index in [-0.39, 0.29) is 17.2 Å². The summed E-state index contributed by atoms with van der Waals surface area (Å²) in [6.07, 6.45) is -0.520. The van der Waals surface area contributed by atoms with Crippen LogP contribution in [0.3, 0.4) is 0 Å². The Morgan fingerprint density at radius 1 is 1.35 bits per heavy atom. The van der Waals surface area contributed by atoms with E-state index in [0.717, 1.165) is 0 Å². The van der Waals surface area contributed by atoms with E-state index in [1.807, 2.05) is 0 Å². The van der Waals surface area contributed by atoms with Gasteiger partial charge in [-0.1, -0.05) is 0 Å². The Kier molecular flexibility index (Phi) is 4.05. The molecule has 1 aliphatic rings. The highest BCUT2D eigenvalue weighted by molar-refractivity contribution is 7.91. The van der Waals surface area contributed by atoms with Crippen molar-refractivity contribution in [1.29, 1.82) is 0 Å². The van der Waals surface area contributed by atoms with E-state index in [0.29, 0.717) is 11.5 Å². The largest absolute Gasteiger partial charge is 0.378 e. The number of hydrogen-bond acceptors (Lipinski definition) is 6. The van der Waals surface area contributed by atoms with Gasteiger partial charge in [0.1, 0.15) is 11.5 Å². The maximum atomic E-state index is 12.1. The minimum atomic E-state index is -3.17. The number of carbonyl (C=O) groups is 1. The molecule has 1 aromatic rings. The second kappa shape index (κ2) is 5.45. The molecule has 0 bridgehead atoms. The average molecular weight is 299 g/mol. The average Bonchev–Trinajstić information content (AvgIpc) is 2.62. The fourth-order valence-corrected chi connectivity index (χ4v) is 4.11. The molecule has 2 rings (SSSR count). The van der Waals surface area contributed by atoms with Gasteiger partial charge in [-0.05, 0) is 19.9 Å². The molecule has 20 heavy (non-hydrogen) atoms. The van der Waals surface area contributed by atoms with Gasteiger partial charge in [-0.2, -0.15) is 0 Å². The Bertz CT molecular complexity index is 609. The molecule has 0 aromatic carbocycles. The van der Waals surface area contributed by atoms with Gasteiger partial charge >= 0.3 is 0 Å². The van der Waals surface area contributed by atoms with Gasteiger partial charge in [0.2, 0.25) is 0 Å². The third-order valence-corrected chi connectivity index (χ3v) is 4.82. The van der Waals surface area contributed by atoms with Crippen molar-refractivity contribution in [3.05, 3.63) is 23.3 Å². The van der Waals surface area contributed by atoms with E-state index >= 15 is 0 Å². The summed E-state index contributed by atoms with van der Waals surface area (Å²) in [4.78, 5) is 20.3. The minimum absolute atomic E-state index is 0.0731. The zero-order valence-electron chi connectivity index (χ0n) is 11.6. The van der Waals surface area contributed by atoms with E-state index in [4.69, 9.17) is 4.74 Å². The second-order valence-electron chi connectivity index (χ2n) is 4.87. The number of amides is 1. The maximum Gasteiger partial charge on any atom is 0.270 e. The highest BCUT2D eigenvalue weighted by Gasteiger charge is 2.38. The number of aryl methyl sites for hydroxylation is 2. The van der Waals surface area contributed by atoms with Crippen LogP contribution >= 0.6 is 0 Å². The first kappa shape index (κ1) is 14.9. The Morgan fingerprint density at radius 3 is 2.65 bits per heavy atom. The third-order valence-electron chi connectivity index (χ3n) is 3.12. The van der Waals surface area contributed by atoms with Gasteiger partial charge < -0.3 is 10.1 Å². The number of rotatable bonds is 3. The number of aromatic nitrogens is 2. The summed E-state index contributed by atoms with van der Waals surface area (Å²) >= 11 is 0. The molecular weight excluding hydrogens is 282 g/mol. The number of carbonyl (C=O) groups excluding carboxylic acids is 1. The van der Waals surface area contributed by atoms with Crippen LogP contribution in [0.2, 0.25) is 0 Å². The van der Waals surface area contributed by atoms with E-state index < -0.39 is 27.9 Å². The molecule has 0 saturated carbocycles. The first-order valence-electron chi connectivity index (χ1n) is 6.17. The number of nitrogens with zero attached hydrogens (tertiary/aromatic N) is 2. The van der Waals surface area contributed by atoms with Gasteiger partial charge in [-0.25, -0.2) is 18.4 Å². The molecule has 1 aromatic heterocycles. The molecule has 2 atom stereocenters. The number of sulfone groups is 1. The summed E-state index contributed by atoms with van der Waals surface area (Å²) in [5, 5.41) is 2.67. The van der Waals surface area contributed by atoms with E-state index in [9.17, 15) is 13.2 Å². The topological polar surface area (TPSA) is 98.2 Å². The normalized spacial score (nSPS) is 24.6. The fraction of sp³-hybridized carbons (Fsp3) is 0.583. The lowest BCUT2D eigenvalue weighted by atomic mass is 10.2. The van der Waals surface area contributed by atoms with Gasteiger partial charge in [0.05, 0.1) is 23.7 Å². The molecule has 1 amide bonds. The molecule has 1 N–H and O–H groups in total. The summed E-state index contributed by atoms with van der Waals surface area (Å²) in [7, 11) is -1.74. The standard InChI is InChI=1S/C12H17N3O4S/c1-7-4-9(14-8(2)13-7)12(16)15-10-5-20(17,18)6-11(10)19-3/h4,10-11H,5-6H2,1-3H3,(H,15,16)/t10-,11-/m1/s1. The van der Waals surface area contributed by atoms with E-state index in [1.165, 1.54) is 7.11 Å². The third kappa shape index (κ3) is 3.31. The SMILES string of the molecule is CO[C@@H]1CS(=O)(=O)C[C@H]1NC(=O)c1cc(C)nc(C)n1. The van der Waals surface area contributed by atoms with E-state index in [1.54, 1.807) is 19.9 Å². The number of methoxy groups -OCH3 is 1. The van der Waals surface area contributed by atoms with Crippen molar-refractivity contribution in [2.75, 3.05) is 18.6 Å². The van der Waals surface area contributed by atoms with Crippen molar-refractivity contribution < 1.29 is 17.9 Å². The van der Waals surface area contributed by atoms with Gasteiger partial charge in [0.25, 0.3) is 5.91 Å². The van der Waals surface area contributed by atoms with Crippen LogP contribution in [-0.2, 0) is 14.6 Å². The molecule has 8 heteroatoms. The van der Waals surface area contributed by atoms with Crippen LogP contribution in [-0.4, -0.2) is 55.1 Å². The van der Waals surface area contributed by atoms with Gasteiger partial charge in [0.15, 0.2) is 9.84 Å². The predicted molar refractivity (Wildman–Crippen MR) is 72.2 cm³/mol. The van der Waals surface area contributed by atoms with Gasteiger partial charge in [-0.15, -0.1) is 0 Å². The molecule has 0 radical (unpaired) electrons. The maximum absolute atomic E-state index is 12.1. The first-order chi connectivity index (χ1) is 9.30. The van der Waals surface area contributed by atoms with Crippen molar-refractivity contribution in [2.24, 2.45) is 0 Å². The number of nitrogens with one attached hydrogen (secondary N) is 1. The fourth-order valence-electron chi connectivity index (χ4n) is 2.26. The Labute approximate surface area is 117 Å². The van der Waals surface area contributed by atoms with Crippen molar-refractivity contribution in [3.8, 4) is 0 Å². The lowest BCUT2D eigenvalue weighted by Crippen LogP contribution is -2.43. The molecule has 1 aliphatic heterocycles. The lowest BCUT2D eigenvalue weighted by molar-refractivity contribution is 0.0782. The van der Waals surface area contributed by atoms with Crippen LogP contribution < -0.4 is 5.32 Å². The molecule has 110 valence electrons. The van der Waals surface area contributed by atoms with Crippen LogP contribution in [0.15, 0.2) is 6.07 Å². The summed E-state index contributed by atoms with van der Waals surface area (Å²) in [5.74, 6) is -0.100. The predicted octanol–water partition coefficient (Wildman–Crippen LogP) is -0.365. The zero-order chi connectivity index (χ0) is 14.9. The van der Waals surface area contributed by atoms with Crippen molar-refractivity contribution >= 4 is 15.7 Å². The van der Waals surface area contributed by atoms with Crippen molar-refractivity contribution in [2.45, 2.75) is 26.0 Å². The zero-order valence-corrected chi connectivity index (χ0v) is 12.4. The highest BCUT2D eigenvalue weighted by atomic mass is 32.2. The first-order valence-corrected chi connectivity index (χ1v) is 7.99. The van der Waals surface area contributed by atoms with Crippen LogP contribution in [0, 0.1) is 13.8 Å². The lowest BCUT2D eigenvalue weighted by Gasteiger charge is -2.17.